The maximum atomic E-state index is 13.0. The minimum Gasteiger partial charge on any atom is -0.334 e. The summed E-state index contributed by atoms with van der Waals surface area (Å²) in [7, 11) is 0. The second kappa shape index (κ2) is 9.91. The molecule has 154 valence electrons. The van der Waals surface area contributed by atoms with Crippen LogP contribution in [0.2, 0.25) is 0 Å². The molecule has 4 N–H and O–H groups in total. The van der Waals surface area contributed by atoms with Gasteiger partial charge in [0.05, 0.1) is 12.1 Å². The van der Waals surface area contributed by atoms with E-state index in [1.165, 1.54) is 12.1 Å². The maximum absolute atomic E-state index is 13.0. The number of aryl methyl sites for hydroxylation is 1. The standard InChI is InChI=1S/C22H27FN4O2/c1-15-5-4-6-18(13-15)25-22(29)27-20-8-3-2-7-19(20)26-21(28)24-14-16-9-11-17(23)12-10-16/h4-6,9-13,19-20H,2-3,7-8,14H2,1H3,(H2,24,26,28)(H2,25,27,29). The minimum absolute atomic E-state index is 0.134. The molecule has 0 aliphatic heterocycles. The summed E-state index contributed by atoms with van der Waals surface area (Å²) in [5.41, 5.74) is 2.62. The molecule has 2 atom stereocenters. The Kier molecular flexibility index (Phi) is 7.05. The van der Waals surface area contributed by atoms with Crippen molar-refractivity contribution in [2.45, 2.75) is 51.2 Å². The van der Waals surface area contributed by atoms with Gasteiger partial charge in [-0.25, -0.2) is 14.0 Å². The molecule has 2 aromatic carbocycles. The van der Waals surface area contributed by atoms with Crippen LogP contribution in [0.4, 0.5) is 19.7 Å². The van der Waals surface area contributed by atoms with Gasteiger partial charge in [-0.05, 0) is 55.2 Å². The molecule has 0 heterocycles. The van der Waals surface area contributed by atoms with Crippen LogP contribution < -0.4 is 21.3 Å². The average molecular weight is 398 g/mol. The van der Waals surface area contributed by atoms with Gasteiger partial charge in [0.15, 0.2) is 0 Å². The highest BCUT2D eigenvalue weighted by Gasteiger charge is 2.27. The molecule has 2 aromatic rings. The van der Waals surface area contributed by atoms with E-state index in [9.17, 15) is 14.0 Å². The van der Waals surface area contributed by atoms with E-state index in [4.69, 9.17) is 0 Å². The summed E-state index contributed by atoms with van der Waals surface area (Å²) in [6.07, 6.45) is 3.62. The summed E-state index contributed by atoms with van der Waals surface area (Å²) in [5, 5.41) is 11.6. The molecule has 0 aromatic heterocycles. The van der Waals surface area contributed by atoms with Gasteiger partial charge in [-0.2, -0.15) is 0 Å². The lowest BCUT2D eigenvalue weighted by atomic mass is 9.90. The number of urea groups is 2. The van der Waals surface area contributed by atoms with Gasteiger partial charge in [-0.1, -0.05) is 37.1 Å². The molecular weight excluding hydrogens is 371 g/mol. The first-order valence-corrected chi connectivity index (χ1v) is 9.92. The Morgan fingerprint density at radius 1 is 0.966 bits per heavy atom. The van der Waals surface area contributed by atoms with E-state index in [2.05, 4.69) is 21.3 Å². The number of hydrogen-bond donors (Lipinski definition) is 4. The summed E-state index contributed by atoms with van der Waals surface area (Å²) in [4.78, 5) is 24.7. The smallest absolute Gasteiger partial charge is 0.319 e. The predicted octanol–water partition coefficient (Wildman–Crippen LogP) is 4.07. The second-order valence-electron chi connectivity index (χ2n) is 7.42. The normalized spacial score (nSPS) is 18.6. The molecule has 2 unspecified atom stereocenters. The van der Waals surface area contributed by atoms with Crippen LogP contribution in [0.5, 0.6) is 0 Å². The van der Waals surface area contributed by atoms with Crippen LogP contribution in [-0.2, 0) is 6.54 Å². The number of anilines is 1. The van der Waals surface area contributed by atoms with E-state index in [0.717, 1.165) is 42.5 Å². The zero-order valence-electron chi connectivity index (χ0n) is 16.5. The molecule has 1 aliphatic rings. The van der Waals surface area contributed by atoms with Crippen LogP contribution in [0.3, 0.4) is 0 Å². The van der Waals surface area contributed by atoms with Gasteiger partial charge in [0.2, 0.25) is 0 Å². The molecule has 0 radical (unpaired) electrons. The Balaban J connectivity index is 1.49. The fourth-order valence-corrected chi connectivity index (χ4v) is 3.54. The van der Waals surface area contributed by atoms with E-state index in [1.54, 1.807) is 12.1 Å². The van der Waals surface area contributed by atoms with Crippen LogP contribution in [0.25, 0.3) is 0 Å². The second-order valence-corrected chi connectivity index (χ2v) is 7.42. The Hall–Kier alpha value is -3.09. The first-order valence-electron chi connectivity index (χ1n) is 9.92. The number of rotatable bonds is 5. The van der Waals surface area contributed by atoms with Gasteiger partial charge in [-0.3, -0.25) is 0 Å². The van der Waals surface area contributed by atoms with Gasteiger partial charge in [0.1, 0.15) is 5.82 Å². The molecule has 0 saturated heterocycles. The van der Waals surface area contributed by atoms with Crippen LogP contribution >= 0.6 is 0 Å². The first-order chi connectivity index (χ1) is 14.0. The molecule has 3 rings (SSSR count). The molecule has 4 amide bonds. The number of amides is 4. The van der Waals surface area contributed by atoms with Crippen molar-refractivity contribution in [3.8, 4) is 0 Å². The summed E-state index contributed by atoms with van der Waals surface area (Å²) in [6, 6.07) is 12.7. The van der Waals surface area contributed by atoms with Crippen LogP contribution in [0.1, 0.15) is 36.8 Å². The first kappa shape index (κ1) is 20.6. The topological polar surface area (TPSA) is 82.3 Å². The van der Waals surface area contributed by atoms with E-state index in [0.29, 0.717) is 6.54 Å². The third-order valence-corrected chi connectivity index (χ3v) is 5.04. The predicted molar refractivity (Wildman–Crippen MR) is 111 cm³/mol. The molecule has 1 aliphatic carbocycles. The summed E-state index contributed by atoms with van der Waals surface area (Å²) in [6.45, 7) is 2.28. The summed E-state index contributed by atoms with van der Waals surface area (Å²) < 4.78 is 13.0. The van der Waals surface area contributed by atoms with E-state index >= 15 is 0 Å². The summed E-state index contributed by atoms with van der Waals surface area (Å²) in [5.74, 6) is -0.307. The largest absolute Gasteiger partial charge is 0.334 e. The lowest BCUT2D eigenvalue weighted by Crippen LogP contribution is -2.55. The average Bonchev–Trinajstić information content (AvgIpc) is 2.69. The molecule has 6 nitrogen and oxygen atoms in total. The molecular formula is C22H27FN4O2. The SMILES string of the molecule is Cc1cccc(NC(=O)NC2CCCCC2NC(=O)NCc2ccc(F)cc2)c1. The summed E-state index contributed by atoms with van der Waals surface area (Å²) >= 11 is 0. The highest BCUT2D eigenvalue weighted by Crippen LogP contribution is 2.19. The highest BCUT2D eigenvalue weighted by atomic mass is 19.1. The number of benzene rings is 2. The third kappa shape index (κ3) is 6.48. The lowest BCUT2D eigenvalue weighted by Gasteiger charge is -2.32. The van der Waals surface area contributed by atoms with Crippen molar-refractivity contribution < 1.29 is 14.0 Å². The monoisotopic (exact) mass is 398 g/mol. The molecule has 1 fully saturated rings. The van der Waals surface area contributed by atoms with Crippen LogP contribution in [0, 0.1) is 12.7 Å². The third-order valence-electron chi connectivity index (χ3n) is 5.04. The number of nitrogens with one attached hydrogen (secondary N) is 4. The maximum Gasteiger partial charge on any atom is 0.319 e. The van der Waals surface area contributed by atoms with Gasteiger partial charge < -0.3 is 21.3 Å². The quantitative estimate of drug-likeness (QED) is 0.612. The Morgan fingerprint density at radius 2 is 1.62 bits per heavy atom. The molecule has 1 saturated carbocycles. The number of carbonyl (C=O) groups excluding carboxylic acids is 2. The Morgan fingerprint density at radius 3 is 2.28 bits per heavy atom. The lowest BCUT2D eigenvalue weighted by molar-refractivity contribution is 0.218. The van der Waals surface area contributed by atoms with Crippen molar-refractivity contribution >= 4 is 17.7 Å². The van der Waals surface area contributed by atoms with E-state index < -0.39 is 0 Å². The highest BCUT2D eigenvalue weighted by molar-refractivity contribution is 5.89. The fraction of sp³-hybridized carbons (Fsp3) is 0.364. The van der Waals surface area contributed by atoms with E-state index in [-0.39, 0.29) is 30.0 Å². The zero-order valence-corrected chi connectivity index (χ0v) is 16.5. The Labute approximate surface area is 170 Å². The van der Waals surface area contributed by atoms with Crippen molar-refractivity contribution in [2.75, 3.05) is 5.32 Å². The zero-order chi connectivity index (χ0) is 20.6. The van der Waals surface area contributed by atoms with Crippen molar-refractivity contribution in [3.63, 3.8) is 0 Å². The number of halogens is 1. The van der Waals surface area contributed by atoms with Gasteiger partial charge in [0.25, 0.3) is 0 Å². The van der Waals surface area contributed by atoms with Gasteiger partial charge >= 0.3 is 12.1 Å². The molecule has 0 spiro atoms. The number of hydrogen-bond acceptors (Lipinski definition) is 2. The van der Waals surface area contributed by atoms with Crippen molar-refractivity contribution in [3.05, 3.63) is 65.5 Å². The van der Waals surface area contributed by atoms with E-state index in [1.807, 2.05) is 31.2 Å². The van der Waals surface area contributed by atoms with Crippen molar-refractivity contribution in [2.24, 2.45) is 0 Å². The minimum atomic E-state index is -0.307. The van der Waals surface area contributed by atoms with Gasteiger partial charge in [0, 0.05) is 12.2 Å². The Bertz CT molecular complexity index is 841. The molecule has 0 bridgehead atoms. The van der Waals surface area contributed by atoms with Crippen LogP contribution in [-0.4, -0.2) is 24.1 Å². The van der Waals surface area contributed by atoms with Gasteiger partial charge in [-0.15, -0.1) is 0 Å². The molecule has 29 heavy (non-hydrogen) atoms. The molecule has 7 heteroatoms. The number of carbonyl (C=O) groups is 2. The van der Waals surface area contributed by atoms with Crippen molar-refractivity contribution in [1.29, 1.82) is 0 Å². The van der Waals surface area contributed by atoms with Crippen LogP contribution in [0.15, 0.2) is 48.5 Å². The van der Waals surface area contributed by atoms with Crippen molar-refractivity contribution in [1.82, 2.24) is 16.0 Å². The fourth-order valence-electron chi connectivity index (χ4n) is 3.54.